The minimum atomic E-state index is -0.506. The third-order valence-corrected chi connectivity index (χ3v) is 4.18. The quantitative estimate of drug-likeness (QED) is 0.442. The molecule has 0 bridgehead atoms. The predicted octanol–water partition coefficient (Wildman–Crippen LogP) is 1.84. The van der Waals surface area contributed by atoms with E-state index in [1.165, 1.54) is 0 Å². The average Bonchev–Trinajstić information content (AvgIpc) is 3.08. The summed E-state index contributed by atoms with van der Waals surface area (Å²) < 4.78 is 7.21. The number of aliphatic hydroxyl groups is 1. The third kappa shape index (κ3) is 4.03. The normalized spacial score (nSPS) is 12.1. The molecule has 2 aromatic heterocycles. The molecule has 0 saturated carbocycles. The fraction of sp³-hybridized carbons (Fsp3) is 0.389. The molecule has 9 heteroatoms. The third-order valence-electron chi connectivity index (χ3n) is 4.18. The van der Waals surface area contributed by atoms with Crippen LogP contribution in [0.5, 0.6) is 5.75 Å². The largest absolute Gasteiger partial charge is 0.495 e. The van der Waals surface area contributed by atoms with Gasteiger partial charge < -0.3 is 30.8 Å². The van der Waals surface area contributed by atoms with Crippen LogP contribution in [-0.2, 0) is 13.1 Å². The van der Waals surface area contributed by atoms with E-state index in [1.807, 2.05) is 29.7 Å². The van der Waals surface area contributed by atoms with Gasteiger partial charge in [-0.15, -0.1) is 0 Å². The molecule has 1 atom stereocenters. The molecule has 5 N–H and O–H groups in total. The molecule has 0 saturated heterocycles. The number of nitrogens with zero attached hydrogens (tertiary/aromatic N) is 4. The van der Waals surface area contributed by atoms with Gasteiger partial charge in [-0.05, 0) is 25.5 Å². The van der Waals surface area contributed by atoms with E-state index in [0.717, 1.165) is 17.8 Å². The van der Waals surface area contributed by atoms with Gasteiger partial charge in [0.15, 0.2) is 17.0 Å². The Bertz CT molecular complexity index is 923. The van der Waals surface area contributed by atoms with Gasteiger partial charge in [0, 0.05) is 19.6 Å². The minimum absolute atomic E-state index is 0.355. The zero-order chi connectivity index (χ0) is 19.4. The number of ether oxygens (including phenoxy) is 1. The molecule has 0 amide bonds. The van der Waals surface area contributed by atoms with Crippen LogP contribution in [0.15, 0.2) is 24.5 Å². The number of imidazole rings is 1. The number of aromatic nitrogens is 4. The first-order valence-electron chi connectivity index (χ1n) is 8.83. The fourth-order valence-electron chi connectivity index (χ4n) is 2.72. The van der Waals surface area contributed by atoms with Gasteiger partial charge in [0.25, 0.3) is 0 Å². The molecule has 0 spiro atoms. The van der Waals surface area contributed by atoms with Crippen molar-refractivity contribution >= 4 is 28.6 Å². The van der Waals surface area contributed by atoms with Crippen molar-refractivity contribution in [1.82, 2.24) is 19.5 Å². The van der Waals surface area contributed by atoms with E-state index in [9.17, 15) is 5.11 Å². The summed E-state index contributed by atoms with van der Waals surface area (Å²) in [5, 5.41) is 15.9. The van der Waals surface area contributed by atoms with Gasteiger partial charge in [-0.2, -0.15) is 9.97 Å². The van der Waals surface area contributed by atoms with Gasteiger partial charge in [0.2, 0.25) is 5.95 Å². The summed E-state index contributed by atoms with van der Waals surface area (Å²) in [6, 6.07) is 5.65. The monoisotopic (exact) mass is 371 g/mol. The van der Waals surface area contributed by atoms with Crippen LogP contribution >= 0.6 is 0 Å². The second kappa shape index (κ2) is 8.09. The molecule has 0 radical (unpaired) electrons. The van der Waals surface area contributed by atoms with Crippen molar-refractivity contribution in [3.8, 4) is 5.75 Å². The van der Waals surface area contributed by atoms with E-state index in [1.54, 1.807) is 20.4 Å². The van der Waals surface area contributed by atoms with Gasteiger partial charge in [-0.3, -0.25) is 0 Å². The number of rotatable bonds is 8. The summed E-state index contributed by atoms with van der Waals surface area (Å²) in [5.74, 6) is 1.67. The molecule has 2 heterocycles. The van der Waals surface area contributed by atoms with Crippen LogP contribution in [-0.4, -0.2) is 44.4 Å². The average molecular weight is 371 g/mol. The highest BCUT2D eigenvalue weighted by atomic mass is 16.5. The number of methoxy groups -OCH3 is 1. The Labute approximate surface area is 157 Å². The second-order valence-electron chi connectivity index (χ2n) is 6.22. The molecular weight excluding hydrogens is 346 g/mol. The Hall–Kier alpha value is -3.07. The summed E-state index contributed by atoms with van der Waals surface area (Å²) in [7, 11) is 1.59. The molecule has 3 aromatic rings. The van der Waals surface area contributed by atoms with Crippen LogP contribution in [0.3, 0.4) is 0 Å². The van der Waals surface area contributed by atoms with E-state index in [0.29, 0.717) is 41.8 Å². The van der Waals surface area contributed by atoms with Crippen molar-refractivity contribution < 1.29 is 9.84 Å². The molecule has 0 fully saturated rings. The van der Waals surface area contributed by atoms with Gasteiger partial charge in [0.1, 0.15) is 5.75 Å². The maximum absolute atomic E-state index is 9.51. The van der Waals surface area contributed by atoms with Gasteiger partial charge in [-0.25, -0.2) is 4.98 Å². The Morgan fingerprint density at radius 1 is 1.30 bits per heavy atom. The Morgan fingerprint density at radius 2 is 2.11 bits per heavy atom. The highest BCUT2D eigenvalue weighted by Crippen LogP contribution is 2.26. The van der Waals surface area contributed by atoms with Crippen LogP contribution in [0, 0.1) is 0 Å². The number of aryl methyl sites for hydroxylation is 1. The molecule has 3 rings (SSSR count). The molecule has 0 aliphatic heterocycles. The standard InChI is InChI=1S/C18H25N7O2/c1-4-25-10-22-15-16(23-18(24-17(15)25)21-8-11(2)26)20-9-12-6-5-7-13(27-3)14(12)19/h5-7,10-11,26H,4,8-9,19H2,1-3H3,(H2,20,21,23,24). The summed E-state index contributed by atoms with van der Waals surface area (Å²) in [5.41, 5.74) is 9.04. The summed E-state index contributed by atoms with van der Waals surface area (Å²) in [6.07, 6.45) is 1.23. The molecule has 1 aromatic carbocycles. The van der Waals surface area contributed by atoms with Crippen LogP contribution in [0.4, 0.5) is 17.5 Å². The number of nitrogen functional groups attached to an aromatic ring is 1. The van der Waals surface area contributed by atoms with Gasteiger partial charge >= 0.3 is 0 Å². The predicted molar refractivity (Wildman–Crippen MR) is 106 cm³/mol. The zero-order valence-corrected chi connectivity index (χ0v) is 15.7. The Morgan fingerprint density at radius 3 is 2.81 bits per heavy atom. The van der Waals surface area contributed by atoms with Crippen molar-refractivity contribution in [1.29, 1.82) is 0 Å². The highest BCUT2D eigenvalue weighted by Gasteiger charge is 2.14. The number of fused-ring (bicyclic) bond motifs is 1. The number of nitrogens with one attached hydrogen (secondary N) is 2. The van der Waals surface area contributed by atoms with Crippen molar-refractivity contribution in [3.05, 3.63) is 30.1 Å². The van der Waals surface area contributed by atoms with Crippen molar-refractivity contribution in [2.24, 2.45) is 0 Å². The number of anilines is 3. The minimum Gasteiger partial charge on any atom is -0.495 e. The summed E-state index contributed by atoms with van der Waals surface area (Å²) in [4.78, 5) is 13.5. The lowest BCUT2D eigenvalue weighted by Crippen LogP contribution is -2.17. The number of benzene rings is 1. The van der Waals surface area contributed by atoms with Crippen molar-refractivity contribution in [3.63, 3.8) is 0 Å². The lowest BCUT2D eigenvalue weighted by Gasteiger charge is -2.13. The van der Waals surface area contributed by atoms with Crippen LogP contribution in [0.2, 0.25) is 0 Å². The maximum Gasteiger partial charge on any atom is 0.226 e. The van der Waals surface area contributed by atoms with Gasteiger partial charge in [0.05, 0.1) is 25.2 Å². The number of nitrogens with two attached hydrogens (primary N) is 1. The second-order valence-corrected chi connectivity index (χ2v) is 6.22. The molecular formula is C18H25N7O2. The van der Waals surface area contributed by atoms with Crippen molar-refractivity contribution in [2.45, 2.75) is 33.0 Å². The smallest absolute Gasteiger partial charge is 0.226 e. The first kappa shape index (κ1) is 18.7. The number of para-hydroxylation sites is 1. The zero-order valence-electron chi connectivity index (χ0n) is 15.7. The van der Waals surface area contributed by atoms with Crippen LogP contribution in [0.25, 0.3) is 11.2 Å². The molecule has 0 aliphatic carbocycles. The summed E-state index contributed by atoms with van der Waals surface area (Å²) in [6.45, 7) is 5.28. The summed E-state index contributed by atoms with van der Waals surface area (Å²) >= 11 is 0. The van der Waals surface area contributed by atoms with E-state index in [2.05, 4.69) is 25.6 Å². The fourth-order valence-corrected chi connectivity index (χ4v) is 2.72. The number of hydrogen-bond acceptors (Lipinski definition) is 8. The van der Waals surface area contributed by atoms with Gasteiger partial charge in [-0.1, -0.05) is 12.1 Å². The van der Waals surface area contributed by atoms with E-state index in [-0.39, 0.29) is 0 Å². The topological polar surface area (TPSA) is 123 Å². The Balaban J connectivity index is 1.91. The number of hydrogen-bond donors (Lipinski definition) is 4. The number of aliphatic hydroxyl groups excluding tert-OH is 1. The molecule has 9 nitrogen and oxygen atoms in total. The Kier molecular flexibility index (Phi) is 5.60. The highest BCUT2D eigenvalue weighted by molar-refractivity contribution is 5.84. The first-order chi connectivity index (χ1) is 13.0. The maximum atomic E-state index is 9.51. The lowest BCUT2D eigenvalue weighted by atomic mass is 10.1. The van der Waals surface area contributed by atoms with E-state index >= 15 is 0 Å². The van der Waals surface area contributed by atoms with Crippen LogP contribution < -0.4 is 21.1 Å². The van der Waals surface area contributed by atoms with E-state index in [4.69, 9.17) is 10.5 Å². The molecule has 144 valence electrons. The lowest BCUT2D eigenvalue weighted by molar-refractivity contribution is 0.208. The molecule has 27 heavy (non-hydrogen) atoms. The first-order valence-corrected chi connectivity index (χ1v) is 8.83. The molecule has 0 aliphatic rings. The SMILES string of the molecule is CCn1cnc2c(NCc3cccc(OC)c3N)nc(NCC(C)O)nc21. The van der Waals surface area contributed by atoms with Crippen molar-refractivity contribution in [2.75, 3.05) is 30.0 Å². The molecule has 1 unspecified atom stereocenters. The van der Waals surface area contributed by atoms with Crippen LogP contribution in [0.1, 0.15) is 19.4 Å². The van der Waals surface area contributed by atoms with E-state index < -0.39 is 6.10 Å².